The van der Waals surface area contributed by atoms with Gasteiger partial charge in [-0.15, -0.1) is 0 Å². The number of hydrogen-bond acceptors (Lipinski definition) is 6. The van der Waals surface area contributed by atoms with Crippen molar-refractivity contribution < 1.29 is 23.5 Å². The molecule has 1 aromatic heterocycles. The maximum absolute atomic E-state index is 15.1. The van der Waals surface area contributed by atoms with Gasteiger partial charge in [-0.2, -0.15) is 0 Å². The second-order valence-corrected chi connectivity index (χ2v) is 9.23. The van der Waals surface area contributed by atoms with Gasteiger partial charge >= 0.3 is 12.0 Å². The molecule has 0 spiro atoms. The van der Waals surface area contributed by atoms with Gasteiger partial charge in [0.25, 0.3) is 0 Å². The van der Waals surface area contributed by atoms with E-state index in [0.717, 1.165) is 10.0 Å². The van der Waals surface area contributed by atoms with Crippen LogP contribution in [0.3, 0.4) is 0 Å². The summed E-state index contributed by atoms with van der Waals surface area (Å²) in [6.45, 7) is 1.99. The van der Waals surface area contributed by atoms with Gasteiger partial charge in [-0.3, -0.25) is 10.1 Å². The van der Waals surface area contributed by atoms with Crippen LogP contribution in [0.1, 0.15) is 57.5 Å². The third-order valence-electron chi connectivity index (χ3n) is 5.83. The topological polar surface area (TPSA) is 123 Å². The number of anilines is 1. The highest BCUT2D eigenvalue weighted by Gasteiger charge is 2.44. The van der Waals surface area contributed by atoms with Gasteiger partial charge in [-0.25, -0.2) is 19.0 Å². The van der Waals surface area contributed by atoms with Crippen molar-refractivity contribution in [2.75, 3.05) is 5.32 Å². The normalized spacial score (nSPS) is 16.2. The van der Waals surface area contributed by atoms with Crippen LogP contribution in [0.4, 0.5) is 15.0 Å². The van der Waals surface area contributed by atoms with Crippen LogP contribution < -0.4 is 21.1 Å². The molecule has 2 aromatic carbocycles. The Morgan fingerprint density at radius 2 is 1.89 bits per heavy atom. The van der Waals surface area contributed by atoms with Crippen LogP contribution in [0.2, 0.25) is 0 Å². The number of esters is 1. The minimum Gasteiger partial charge on any atom is -0.422 e. The number of nitrogens with one attached hydrogen (secondary N) is 2. The summed E-state index contributed by atoms with van der Waals surface area (Å²) in [6, 6.07) is 11.5. The first-order chi connectivity index (χ1) is 17.3. The smallest absolute Gasteiger partial charge is 0.343 e. The number of carbonyl (C=O) groups excluding carboxylic acids is 3. The Morgan fingerprint density at radius 1 is 1.14 bits per heavy atom. The van der Waals surface area contributed by atoms with Crippen molar-refractivity contribution in [1.82, 2.24) is 10.3 Å². The standard InChI is InChI=1S/C26H24BrFN4O4/c1-2-21(33)17-8-9-19(28)23(24(17)36-25(34)15-5-3-14(12-29)4-6-15)18-11-20(18)31-26(35)32-22-10-7-16(27)13-30-22/h3-10,13,18,20H,2,11-12,29H2,1H3,(H2,30,31,32,35). The van der Waals surface area contributed by atoms with E-state index in [9.17, 15) is 14.4 Å². The Morgan fingerprint density at radius 3 is 2.53 bits per heavy atom. The first kappa shape index (κ1) is 25.5. The van der Waals surface area contributed by atoms with Crippen molar-refractivity contribution in [1.29, 1.82) is 0 Å². The number of halogens is 2. The summed E-state index contributed by atoms with van der Waals surface area (Å²) < 4.78 is 21.5. The Bertz CT molecular complexity index is 1300. The van der Waals surface area contributed by atoms with Crippen molar-refractivity contribution in [2.45, 2.75) is 38.3 Å². The van der Waals surface area contributed by atoms with Crippen molar-refractivity contribution >= 4 is 39.5 Å². The first-order valence-electron chi connectivity index (χ1n) is 11.4. The van der Waals surface area contributed by atoms with E-state index in [1.165, 1.54) is 12.1 Å². The van der Waals surface area contributed by atoms with Crippen molar-refractivity contribution in [2.24, 2.45) is 5.73 Å². The molecule has 36 heavy (non-hydrogen) atoms. The van der Waals surface area contributed by atoms with E-state index in [-0.39, 0.29) is 34.6 Å². The zero-order chi connectivity index (χ0) is 25.8. The number of ether oxygens (including phenoxy) is 1. The molecule has 1 aliphatic rings. The number of benzene rings is 2. The number of hydrogen-bond donors (Lipinski definition) is 3. The molecule has 0 radical (unpaired) electrons. The maximum Gasteiger partial charge on any atom is 0.343 e. The lowest BCUT2D eigenvalue weighted by atomic mass is 9.99. The molecule has 3 aromatic rings. The average molecular weight is 555 g/mol. The van der Waals surface area contributed by atoms with Gasteiger partial charge in [0.05, 0.1) is 11.1 Å². The molecule has 2 amide bonds. The number of pyridine rings is 1. The number of Topliss-reactive ketones (excluding diaryl/α,β-unsaturated/α-hetero) is 1. The Labute approximate surface area is 215 Å². The fourth-order valence-electron chi connectivity index (χ4n) is 3.81. The third-order valence-corrected chi connectivity index (χ3v) is 6.30. The van der Waals surface area contributed by atoms with Gasteiger partial charge in [0.2, 0.25) is 0 Å². The lowest BCUT2D eigenvalue weighted by molar-refractivity contribution is 0.0730. The van der Waals surface area contributed by atoms with Crippen LogP contribution in [0.5, 0.6) is 5.75 Å². The molecule has 0 bridgehead atoms. The number of ketones is 1. The number of aromatic nitrogens is 1. The van der Waals surface area contributed by atoms with E-state index < -0.39 is 29.8 Å². The predicted molar refractivity (Wildman–Crippen MR) is 136 cm³/mol. The largest absolute Gasteiger partial charge is 0.422 e. The maximum atomic E-state index is 15.1. The van der Waals surface area contributed by atoms with Crippen molar-refractivity contribution in [3.63, 3.8) is 0 Å². The zero-order valence-corrected chi connectivity index (χ0v) is 21.0. The molecule has 2 atom stereocenters. The summed E-state index contributed by atoms with van der Waals surface area (Å²) in [6.07, 6.45) is 2.11. The highest BCUT2D eigenvalue weighted by molar-refractivity contribution is 9.10. The average Bonchev–Trinajstić information content (AvgIpc) is 3.63. The number of carbonyl (C=O) groups is 3. The number of nitrogens with zero attached hydrogens (tertiary/aromatic N) is 1. The van der Waals surface area contributed by atoms with Gasteiger partial charge in [0.1, 0.15) is 17.4 Å². The van der Waals surface area contributed by atoms with E-state index in [0.29, 0.717) is 18.8 Å². The molecule has 186 valence electrons. The molecular weight excluding hydrogens is 531 g/mol. The lowest BCUT2D eigenvalue weighted by Crippen LogP contribution is -2.31. The molecule has 1 saturated carbocycles. The van der Waals surface area contributed by atoms with Crippen LogP contribution in [-0.2, 0) is 6.54 Å². The molecule has 0 aliphatic heterocycles. The van der Waals surface area contributed by atoms with Crippen molar-refractivity contribution in [3.8, 4) is 5.75 Å². The van der Waals surface area contributed by atoms with E-state index in [2.05, 4.69) is 31.5 Å². The molecular formula is C26H24BrFN4O4. The highest BCUT2D eigenvalue weighted by Crippen LogP contribution is 2.47. The Hall–Kier alpha value is -3.63. The van der Waals surface area contributed by atoms with Crippen LogP contribution in [-0.4, -0.2) is 28.8 Å². The number of nitrogens with two attached hydrogens (primary N) is 1. The fourth-order valence-corrected chi connectivity index (χ4v) is 4.05. The molecule has 4 rings (SSSR count). The summed E-state index contributed by atoms with van der Waals surface area (Å²) in [7, 11) is 0. The van der Waals surface area contributed by atoms with E-state index in [1.807, 2.05) is 0 Å². The van der Waals surface area contributed by atoms with Gasteiger partial charge in [-0.1, -0.05) is 19.1 Å². The minimum atomic E-state index is -0.722. The molecule has 1 aliphatic carbocycles. The van der Waals surface area contributed by atoms with Gasteiger partial charge in [0.15, 0.2) is 5.78 Å². The second-order valence-electron chi connectivity index (χ2n) is 8.31. The second kappa shape index (κ2) is 11.0. The summed E-state index contributed by atoms with van der Waals surface area (Å²) in [5.41, 5.74) is 6.89. The van der Waals surface area contributed by atoms with Gasteiger partial charge < -0.3 is 15.8 Å². The minimum absolute atomic E-state index is 0.0910. The molecule has 4 N–H and O–H groups in total. The van der Waals surface area contributed by atoms with Crippen molar-refractivity contribution in [3.05, 3.63) is 87.3 Å². The summed E-state index contributed by atoms with van der Waals surface area (Å²) in [5.74, 6) is -1.86. The Balaban J connectivity index is 1.56. The number of amides is 2. The molecule has 1 fully saturated rings. The van der Waals surface area contributed by atoms with Crippen LogP contribution in [0.15, 0.2) is 59.2 Å². The number of rotatable bonds is 8. The first-order valence-corrected chi connectivity index (χ1v) is 12.2. The summed E-state index contributed by atoms with van der Waals surface area (Å²) in [4.78, 5) is 42.0. The van der Waals surface area contributed by atoms with E-state index in [4.69, 9.17) is 10.5 Å². The van der Waals surface area contributed by atoms with Gasteiger partial charge in [0, 0.05) is 41.2 Å². The molecule has 8 nitrogen and oxygen atoms in total. The van der Waals surface area contributed by atoms with E-state index >= 15 is 4.39 Å². The quantitative estimate of drug-likeness (QED) is 0.206. The zero-order valence-electron chi connectivity index (χ0n) is 19.4. The highest BCUT2D eigenvalue weighted by atomic mass is 79.9. The van der Waals surface area contributed by atoms with Crippen LogP contribution in [0.25, 0.3) is 0 Å². The van der Waals surface area contributed by atoms with Crippen LogP contribution >= 0.6 is 15.9 Å². The third kappa shape index (κ3) is 5.77. The monoisotopic (exact) mass is 554 g/mol. The summed E-state index contributed by atoms with van der Waals surface area (Å²) >= 11 is 3.28. The lowest BCUT2D eigenvalue weighted by Gasteiger charge is -2.15. The van der Waals surface area contributed by atoms with Crippen LogP contribution in [0, 0.1) is 5.82 Å². The van der Waals surface area contributed by atoms with E-state index in [1.54, 1.807) is 49.5 Å². The SMILES string of the molecule is CCC(=O)c1ccc(F)c(C2CC2NC(=O)Nc2ccc(Br)cn2)c1OC(=O)c1ccc(CN)cc1. The fraction of sp³-hybridized carbons (Fsp3) is 0.231. The molecule has 2 unspecified atom stereocenters. The predicted octanol–water partition coefficient (Wildman–Crippen LogP) is 4.93. The molecule has 10 heteroatoms. The molecule has 0 saturated heterocycles. The Kier molecular flexibility index (Phi) is 7.76. The number of urea groups is 1. The van der Waals surface area contributed by atoms with Gasteiger partial charge in [-0.05, 0) is 64.3 Å². The summed E-state index contributed by atoms with van der Waals surface area (Å²) in [5, 5.41) is 5.39. The molecule has 1 heterocycles.